The summed E-state index contributed by atoms with van der Waals surface area (Å²) >= 11 is 0. The highest BCUT2D eigenvalue weighted by atomic mass is 19.1. The molecule has 1 fully saturated rings. The zero-order valence-electron chi connectivity index (χ0n) is 10.8. The van der Waals surface area contributed by atoms with Crippen molar-refractivity contribution in [1.29, 1.82) is 0 Å². The molecule has 3 heteroatoms. The van der Waals surface area contributed by atoms with Crippen LogP contribution in [0.5, 0.6) is 0 Å². The van der Waals surface area contributed by atoms with E-state index in [2.05, 4.69) is 0 Å². The van der Waals surface area contributed by atoms with Crippen LogP contribution >= 0.6 is 0 Å². The van der Waals surface area contributed by atoms with E-state index in [0.717, 1.165) is 25.7 Å². The first-order valence-corrected chi connectivity index (χ1v) is 6.64. The number of hydrogen-bond acceptors (Lipinski definition) is 1. The molecule has 18 heavy (non-hydrogen) atoms. The maximum Gasteiger partial charge on any atom is 0.129 e. The lowest BCUT2D eigenvalue weighted by molar-refractivity contribution is 0.00934. The predicted molar refractivity (Wildman–Crippen MR) is 67.3 cm³/mol. The molecule has 100 valence electrons. The third-order valence-corrected chi connectivity index (χ3v) is 4.26. The summed E-state index contributed by atoms with van der Waals surface area (Å²) < 4.78 is 27.1. The normalized spacial score (nSPS) is 20.7. The summed E-state index contributed by atoms with van der Waals surface area (Å²) in [7, 11) is 0. The fourth-order valence-corrected chi connectivity index (χ4v) is 2.86. The topological polar surface area (TPSA) is 20.2 Å². The third kappa shape index (κ3) is 2.72. The van der Waals surface area contributed by atoms with Gasteiger partial charge in [-0.15, -0.1) is 0 Å². The van der Waals surface area contributed by atoms with E-state index in [1.165, 1.54) is 24.6 Å². The minimum atomic E-state index is -0.677. The summed E-state index contributed by atoms with van der Waals surface area (Å²) in [4.78, 5) is 0. The number of hydrogen-bond donors (Lipinski definition) is 1. The van der Waals surface area contributed by atoms with Crippen molar-refractivity contribution in [2.75, 3.05) is 0 Å². The third-order valence-electron chi connectivity index (χ3n) is 4.26. The van der Waals surface area contributed by atoms with Crippen molar-refractivity contribution < 1.29 is 13.9 Å². The molecule has 2 rings (SSSR count). The molecule has 0 heterocycles. The molecule has 1 N–H and O–H groups in total. The molecule has 0 aromatic heterocycles. The van der Waals surface area contributed by atoms with E-state index in [1.807, 2.05) is 6.92 Å². The largest absolute Gasteiger partial charge is 0.392 e. The van der Waals surface area contributed by atoms with Crippen molar-refractivity contribution in [3.8, 4) is 0 Å². The Morgan fingerprint density at radius 2 is 1.72 bits per heavy atom. The molecular formula is C15H20F2O. The Labute approximate surface area is 107 Å². The summed E-state index contributed by atoms with van der Waals surface area (Å²) in [5.41, 5.74) is -0.190. The van der Waals surface area contributed by atoms with Crippen molar-refractivity contribution in [3.63, 3.8) is 0 Å². The number of benzene rings is 1. The van der Waals surface area contributed by atoms with Gasteiger partial charge in [0.05, 0.1) is 6.10 Å². The molecule has 0 bridgehead atoms. The number of halogens is 2. The first-order valence-electron chi connectivity index (χ1n) is 6.64. The maximum atomic E-state index is 13.6. The van der Waals surface area contributed by atoms with Crippen LogP contribution < -0.4 is 0 Å². The van der Waals surface area contributed by atoms with Crippen LogP contribution in [0.2, 0.25) is 0 Å². The van der Waals surface area contributed by atoms with E-state index in [-0.39, 0.29) is 17.4 Å². The van der Waals surface area contributed by atoms with Gasteiger partial charge >= 0.3 is 0 Å². The van der Waals surface area contributed by atoms with Gasteiger partial charge in [-0.1, -0.05) is 32.3 Å². The van der Waals surface area contributed by atoms with E-state index < -0.39 is 17.7 Å². The molecule has 1 unspecified atom stereocenters. The summed E-state index contributed by atoms with van der Waals surface area (Å²) in [6.45, 7) is 2.02. The molecule has 1 aromatic carbocycles. The minimum absolute atomic E-state index is 0.0109. The van der Waals surface area contributed by atoms with E-state index in [0.29, 0.717) is 0 Å². The van der Waals surface area contributed by atoms with Crippen molar-refractivity contribution in [2.24, 2.45) is 5.41 Å². The fourth-order valence-electron chi connectivity index (χ4n) is 2.86. The van der Waals surface area contributed by atoms with Gasteiger partial charge < -0.3 is 5.11 Å². The van der Waals surface area contributed by atoms with Crippen LogP contribution in [0.1, 0.15) is 44.6 Å². The van der Waals surface area contributed by atoms with Gasteiger partial charge in [-0.25, -0.2) is 8.78 Å². The van der Waals surface area contributed by atoms with Crippen LogP contribution in [-0.4, -0.2) is 11.2 Å². The lowest BCUT2D eigenvalue weighted by Gasteiger charge is -2.38. The van der Waals surface area contributed by atoms with Gasteiger partial charge in [0.15, 0.2) is 0 Å². The highest BCUT2D eigenvalue weighted by molar-refractivity contribution is 5.21. The molecule has 1 aromatic rings. The minimum Gasteiger partial charge on any atom is -0.392 e. The Balaban J connectivity index is 2.13. The van der Waals surface area contributed by atoms with E-state index in [1.54, 1.807) is 0 Å². The van der Waals surface area contributed by atoms with Crippen LogP contribution in [0, 0.1) is 17.0 Å². The second-order valence-electron chi connectivity index (χ2n) is 5.63. The van der Waals surface area contributed by atoms with Gasteiger partial charge in [-0.2, -0.15) is 0 Å². The zero-order valence-corrected chi connectivity index (χ0v) is 10.8. The van der Waals surface area contributed by atoms with Gasteiger partial charge in [-0.3, -0.25) is 0 Å². The highest BCUT2D eigenvalue weighted by Gasteiger charge is 2.35. The molecule has 0 radical (unpaired) electrons. The monoisotopic (exact) mass is 254 g/mol. The van der Waals surface area contributed by atoms with Gasteiger partial charge in [0.1, 0.15) is 11.6 Å². The van der Waals surface area contributed by atoms with Crippen molar-refractivity contribution in [1.82, 2.24) is 0 Å². The van der Waals surface area contributed by atoms with Crippen molar-refractivity contribution >= 4 is 0 Å². The highest BCUT2D eigenvalue weighted by Crippen LogP contribution is 2.40. The number of aliphatic hydroxyl groups is 1. The Morgan fingerprint density at radius 1 is 1.17 bits per heavy atom. The molecule has 0 aliphatic heterocycles. The molecule has 1 saturated carbocycles. The van der Waals surface area contributed by atoms with Crippen LogP contribution in [-0.2, 0) is 6.42 Å². The van der Waals surface area contributed by atoms with Crippen LogP contribution in [0.3, 0.4) is 0 Å². The zero-order chi connectivity index (χ0) is 13.2. The van der Waals surface area contributed by atoms with Crippen LogP contribution in [0.15, 0.2) is 18.2 Å². The second kappa shape index (κ2) is 5.35. The first-order chi connectivity index (χ1) is 8.53. The van der Waals surface area contributed by atoms with E-state index in [4.69, 9.17) is 0 Å². The Morgan fingerprint density at radius 3 is 2.28 bits per heavy atom. The molecule has 0 saturated heterocycles. The quantitative estimate of drug-likeness (QED) is 0.869. The summed E-state index contributed by atoms with van der Waals surface area (Å²) in [5.74, 6) is -1.12. The smallest absolute Gasteiger partial charge is 0.129 e. The van der Waals surface area contributed by atoms with Gasteiger partial charge in [-0.05, 0) is 30.4 Å². The molecule has 1 atom stereocenters. The summed E-state index contributed by atoms with van der Waals surface area (Å²) in [6.07, 6.45) is 4.63. The molecule has 1 aliphatic carbocycles. The Kier molecular flexibility index (Phi) is 4.00. The average Bonchev–Trinajstić information content (AvgIpc) is 2.34. The van der Waals surface area contributed by atoms with Crippen molar-refractivity contribution in [3.05, 3.63) is 35.4 Å². The van der Waals surface area contributed by atoms with E-state index in [9.17, 15) is 13.9 Å². The van der Waals surface area contributed by atoms with Gasteiger partial charge in [0.25, 0.3) is 0 Å². The molecule has 0 spiro atoms. The standard InChI is InChI=1S/C15H20F2O/c1-15(8-3-2-4-9-15)14(18)10-11-12(16)6-5-7-13(11)17/h5-7,14,18H,2-4,8-10H2,1H3. The number of aliphatic hydroxyl groups excluding tert-OH is 1. The maximum absolute atomic E-state index is 13.6. The molecule has 1 nitrogen and oxygen atoms in total. The average molecular weight is 254 g/mol. The SMILES string of the molecule is CC1(C(O)Cc2c(F)cccc2F)CCCCC1. The summed E-state index contributed by atoms with van der Waals surface area (Å²) in [5, 5.41) is 10.3. The Bertz CT molecular complexity index is 391. The van der Waals surface area contributed by atoms with Crippen molar-refractivity contribution in [2.45, 2.75) is 51.6 Å². The summed E-state index contributed by atoms with van der Waals surface area (Å²) in [6, 6.07) is 3.84. The van der Waals surface area contributed by atoms with Gasteiger partial charge in [0, 0.05) is 12.0 Å². The lowest BCUT2D eigenvalue weighted by Crippen LogP contribution is -2.36. The predicted octanol–water partition coefficient (Wildman–Crippen LogP) is 3.84. The molecule has 0 amide bonds. The van der Waals surface area contributed by atoms with Crippen LogP contribution in [0.4, 0.5) is 8.78 Å². The van der Waals surface area contributed by atoms with E-state index >= 15 is 0 Å². The van der Waals surface area contributed by atoms with Gasteiger partial charge in [0.2, 0.25) is 0 Å². The fraction of sp³-hybridized carbons (Fsp3) is 0.600. The molecular weight excluding hydrogens is 234 g/mol. The molecule has 1 aliphatic rings. The second-order valence-corrected chi connectivity index (χ2v) is 5.63. The van der Waals surface area contributed by atoms with Crippen LogP contribution in [0.25, 0.3) is 0 Å². The first kappa shape index (κ1) is 13.5. The number of rotatable bonds is 3. The lowest BCUT2D eigenvalue weighted by atomic mass is 9.70. The Hall–Kier alpha value is -0.960.